The van der Waals surface area contributed by atoms with E-state index in [1.165, 1.54) is 19.3 Å². The SMILES string of the molecule is CC/C=C\C/C=C\C/C=C\C/C=C\C/C=C\C/C=C\C/C=C\C/C=C\C/C=C\CCCCCCCCCC(=O)NC(COC1OC(CO)C(OC2OC(CO)C(OC3OC(CO)C(O)C(O)C3O)C(O)C2O)C(O)C1O)C(O)/C=C/CC/C=C/CC/C=C/CCCCC. The third kappa shape index (κ3) is 35.5. The molecule has 12 N–H and O–H groups in total. The predicted molar refractivity (Wildman–Crippen MR) is 364 cm³/mol. The molecule has 17 unspecified atom stereocenters. The van der Waals surface area contributed by atoms with Crippen LogP contribution in [0.25, 0.3) is 0 Å². The maximum atomic E-state index is 13.4. The van der Waals surface area contributed by atoms with Crippen molar-refractivity contribution in [2.75, 3.05) is 26.4 Å². The van der Waals surface area contributed by atoms with Gasteiger partial charge >= 0.3 is 0 Å². The number of aliphatic hydroxyl groups excluding tert-OH is 11. The van der Waals surface area contributed by atoms with Gasteiger partial charge in [-0.3, -0.25) is 4.79 Å². The summed E-state index contributed by atoms with van der Waals surface area (Å²) in [6.07, 6.45) is 49.8. The van der Waals surface area contributed by atoms with Crippen LogP contribution in [-0.2, 0) is 33.2 Å². The summed E-state index contributed by atoms with van der Waals surface area (Å²) in [6, 6.07) is -1.01. The fourth-order valence-electron chi connectivity index (χ4n) is 10.5. The van der Waals surface area contributed by atoms with Crippen molar-refractivity contribution in [3.05, 3.63) is 146 Å². The first-order valence-electron chi connectivity index (χ1n) is 34.6. The van der Waals surface area contributed by atoms with E-state index in [2.05, 4.69) is 153 Å². The lowest BCUT2D eigenvalue weighted by Crippen LogP contribution is -2.66. The molecule has 528 valence electrons. The minimum absolute atomic E-state index is 0.208. The predicted octanol–water partition coefficient (Wildman–Crippen LogP) is 9.15. The Morgan fingerprint density at radius 1 is 0.398 bits per heavy atom. The van der Waals surface area contributed by atoms with Crippen LogP contribution in [0.1, 0.15) is 181 Å². The second-order valence-corrected chi connectivity index (χ2v) is 23.9. The molecule has 3 rings (SSSR count). The van der Waals surface area contributed by atoms with E-state index in [1.54, 1.807) is 6.08 Å². The lowest BCUT2D eigenvalue weighted by Gasteiger charge is -2.48. The monoisotopic (exact) mass is 1310 g/mol. The lowest BCUT2D eigenvalue weighted by molar-refractivity contribution is -0.379. The molecule has 0 saturated carbocycles. The molecule has 3 aliphatic rings. The standard InChI is InChI=1S/C74H119NO18/c1-3-5-7-9-11-13-15-17-18-19-20-21-22-23-24-25-26-27-28-29-30-31-32-33-34-35-36-37-38-40-42-44-46-48-50-52-62(80)75-57(58(79)51-49-47-45-43-41-39-16-14-12-10-8-6-4-2)56-88-72-68(86)65(83)70(60(54-77)90-72)93-74-69(87)66(84)71(61(55-78)91-74)92-73-67(85)64(82)63(81)59(53-76)89-73/h5,7,11-14,17-18,20-21,23-24,26-27,29-30,32-33,35-36,41,43,49,51,57-61,63-74,76-79,81-87H,3-4,6,8-10,15-16,19,22,25,28,31,34,37-40,42,44-48,50,52-56H2,1-2H3,(H,75,80)/b7-5-,13-11-,14-12+,18-17-,21-20-,24-23-,27-26-,30-29-,33-32-,36-35-,43-41+,51-49+. The smallest absolute Gasteiger partial charge is 0.220 e. The van der Waals surface area contributed by atoms with Crippen molar-refractivity contribution in [3.63, 3.8) is 0 Å². The van der Waals surface area contributed by atoms with Crippen molar-refractivity contribution >= 4 is 5.91 Å². The van der Waals surface area contributed by atoms with Gasteiger partial charge in [0, 0.05) is 6.42 Å². The number of nitrogens with one attached hydrogen (secondary N) is 1. The van der Waals surface area contributed by atoms with Gasteiger partial charge in [-0.25, -0.2) is 0 Å². The Morgan fingerprint density at radius 2 is 0.753 bits per heavy atom. The summed E-state index contributed by atoms with van der Waals surface area (Å²) in [7, 11) is 0. The fraction of sp³-hybridized carbons (Fsp3) is 0.662. The molecule has 0 aromatic rings. The summed E-state index contributed by atoms with van der Waals surface area (Å²) in [5.41, 5.74) is 0. The van der Waals surface area contributed by atoms with Crippen LogP contribution in [0.4, 0.5) is 0 Å². The molecule has 0 aromatic carbocycles. The van der Waals surface area contributed by atoms with Crippen molar-refractivity contribution < 1.29 is 89.4 Å². The molecule has 3 heterocycles. The van der Waals surface area contributed by atoms with Gasteiger partial charge in [0.05, 0.1) is 38.6 Å². The average Bonchev–Trinajstić information content (AvgIpc) is 0.842. The first-order chi connectivity index (χ1) is 45.3. The van der Waals surface area contributed by atoms with Crippen LogP contribution in [-0.4, -0.2) is 193 Å². The number of carbonyl (C=O) groups excluding carboxylic acids is 1. The Hall–Kier alpha value is -4.33. The van der Waals surface area contributed by atoms with Crippen LogP contribution in [0, 0.1) is 0 Å². The number of hydrogen-bond donors (Lipinski definition) is 12. The molecule has 0 spiro atoms. The summed E-state index contributed by atoms with van der Waals surface area (Å²) < 4.78 is 34.2. The summed E-state index contributed by atoms with van der Waals surface area (Å²) in [6.45, 7) is 1.50. The maximum absolute atomic E-state index is 13.4. The molecule has 19 heteroatoms. The number of rotatable bonds is 50. The van der Waals surface area contributed by atoms with E-state index < -0.39 is 124 Å². The Balaban J connectivity index is 1.39. The molecule has 3 fully saturated rings. The highest BCUT2D eigenvalue weighted by atomic mass is 16.8. The largest absolute Gasteiger partial charge is 0.394 e. The van der Waals surface area contributed by atoms with Gasteiger partial charge in [0.15, 0.2) is 18.9 Å². The Bertz CT molecular complexity index is 2250. The number of allylic oxidation sites excluding steroid dienone is 23. The van der Waals surface area contributed by atoms with Gasteiger partial charge in [-0.15, -0.1) is 0 Å². The Morgan fingerprint density at radius 3 is 1.20 bits per heavy atom. The van der Waals surface area contributed by atoms with Crippen LogP contribution >= 0.6 is 0 Å². The molecule has 3 saturated heterocycles. The van der Waals surface area contributed by atoms with Crippen LogP contribution in [0.15, 0.2) is 146 Å². The first kappa shape index (κ1) is 82.9. The quantitative estimate of drug-likeness (QED) is 0.0199. The van der Waals surface area contributed by atoms with Crippen molar-refractivity contribution in [3.8, 4) is 0 Å². The molecule has 17 atom stereocenters. The van der Waals surface area contributed by atoms with E-state index in [4.69, 9.17) is 28.4 Å². The summed E-state index contributed by atoms with van der Waals surface area (Å²) in [5, 5.41) is 120. The van der Waals surface area contributed by atoms with Crippen molar-refractivity contribution in [1.29, 1.82) is 0 Å². The van der Waals surface area contributed by atoms with Crippen LogP contribution in [0.5, 0.6) is 0 Å². The highest BCUT2D eigenvalue weighted by molar-refractivity contribution is 5.76. The number of amides is 1. The minimum atomic E-state index is -1.99. The minimum Gasteiger partial charge on any atom is -0.394 e. The summed E-state index contributed by atoms with van der Waals surface area (Å²) in [4.78, 5) is 13.4. The normalized spacial score (nSPS) is 28.5. The van der Waals surface area contributed by atoms with E-state index in [9.17, 15) is 61.0 Å². The number of carbonyl (C=O) groups is 1. The second kappa shape index (κ2) is 53.8. The molecular weight excluding hydrogens is 1190 g/mol. The van der Waals surface area contributed by atoms with Gasteiger partial charge in [-0.1, -0.05) is 205 Å². The van der Waals surface area contributed by atoms with Crippen molar-refractivity contribution in [2.24, 2.45) is 0 Å². The molecule has 1 amide bonds. The van der Waals surface area contributed by atoms with Gasteiger partial charge in [-0.2, -0.15) is 0 Å². The third-order valence-corrected chi connectivity index (χ3v) is 16.1. The summed E-state index contributed by atoms with van der Waals surface area (Å²) in [5.74, 6) is -0.310. The van der Waals surface area contributed by atoms with E-state index in [-0.39, 0.29) is 18.9 Å². The number of aliphatic hydroxyl groups is 11. The molecule has 19 nitrogen and oxygen atoms in total. The average molecular weight is 1310 g/mol. The van der Waals surface area contributed by atoms with Crippen molar-refractivity contribution in [1.82, 2.24) is 5.32 Å². The van der Waals surface area contributed by atoms with Gasteiger partial charge < -0.3 is 89.9 Å². The summed E-state index contributed by atoms with van der Waals surface area (Å²) >= 11 is 0. The van der Waals surface area contributed by atoms with E-state index in [1.807, 2.05) is 6.08 Å². The van der Waals surface area contributed by atoms with E-state index >= 15 is 0 Å². The van der Waals surface area contributed by atoms with Crippen LogP contribution in [0.2, 0.25) is 0 Å². The maximum Gasteiger partial charge on any atom is 0.220 e. The lowest BCUT2D eigenvalue weighted by atomic mass is 9.96. The van der Waals surface area contributed by atoms with Gasteiger partial charge in [0.1, 0.15) is 73.2 Å². The topological polar surface area (TPSA) is 307 Å². The highest BCUT2D eigenvalue weighted by Crippen LogP contribution is 2.33. The molecule has 0 bridgehead atoms. The van der Waals surface area contributed by atoms with E-state index in [0.29, 0.717) is 12.8 Å². The molecule has 0 radical (unpaired) electrons. The zero-order valence-electron chi connectivity index (χ0n) is 55.7. The zero-order valence-corrected chi connectivity index (χ0v) is 55.7. The Labute approximate surface area is 555 Å². The Kier molecular flexibility index (Phi) is 47.9. The molecular formula is C74H119NO18. The van der Waals surface area contributed by atoms with Crippen molar-refractivity contribution in [2.45, 2.75) is 285 Å². The number of hydrogen-bond acceptors (Lipinski definition) is 18. The number of ether oxygens (including phenoxy) is 6. The zero-order chi connectivity index (χ0) is 67.5. The highest BCUT2D eigenvalue weighted by Gasteiger charge is 2.53. The van der Waals surface area contributed by atoms with Gasteiger partial charge in [0.2, 0.25) is 5.91 Å². The third-order valence-electron chi connectivity index (χ3n) is 16.1. The molecule has 93 heavy (non-hydrogen) atoms. The van der Waals surface area contributed by atoms with E-state index in [0.717, 1.165) is 128 Å². The molecule has 3 aliphatic heterocycles. The number of unbranched alkanes of at least 4 members (excludes halogenated alkanes) is 12. The fourth-order valence-corrected chi connectivity index (χ4v) is 10.5. The van der Waals surface area contributed by atoms with Gasteiger partial charge in [0.25, 0.3) is 0 Å². The van der Waals surface area contributed by atoms with Crippen LogP contribution in [0.3, 0.4) is 0 Å². The molecule has 0 aliphatic carbocycles. The van der Waals surface area contributed by atoms with Gasteiger partial charge in [-0.05, 0) is 116 Å². The molecule has 0 aromatic heterocycles. The van der Waals surface area contributed by atoms with Crippen LogP contribution < -0.4 is 5.32 Å². The second-order valence-electron chi connectivity index (χ2n) is 23.9. The first-order valence-corrected chi connectivity index (χ1v) is 34.6.